The van der Waals surface area contributed by atoms with Gasteiger partial charge in [-0.2, -0.15) is 0 Å². The molecule has 0 saturated carbocycles. The Labute approximate surface area is 94.5 Å². The van der Waals surface area contributed by atoms with Crippen molar-refractivity contribution in [3.63, 3.8) is 0 Å². The van der Waals surface area contributed by atoms with Gasteiger partial charge in [0.05, 0.1) is 23.8 Å². The molecule has 1 heterocycles. The first-order chi connectivity index (χ1) is 7.22. The van der Waals surface area contributed by atoms with Crippen molar-refractivity contribution in [3.05, 3.63) is 10.6 Å². The molecule has 0 aliphatic heterocycles. The number of anilines is 1. The molecule has 0 aliphatic rings. The van der Waals surface area contributed by atoms with E-state index in [1.807, 2.05) is 18.9 Å². The molecule has 1 N–H and O–H groups in total. The molecule has 15 heavy (non-hydrogen) atoms. The van der Waals surface area contributed by atoms with Gasteiger partial charge in [-0.25, -0.2) is 4.98 Å². The van der Waals surface area contributed by atoms with Crippen molar-refractivity contribution in [1.29, 1.82) is 0 Å². The number of aliphatic hydroxyl groups excluding tert-OH is 1. The molecule has 0 atom stereocenters. The fourth-order valence-corrected chi connectivity index (χ4v) is 2.25. The van der Waals surface area contributed by atoms with Gasteiger partial charge in [0.1, 0.15) is 0 Å². The number of aliphatic hydroxyl groups is 1. The third-order valence-electron chi connectivity index (χ3n) is 2.20. The van der Waals surface area contributed by atoms with Crippen LogP contribution in [0.25, 0.3) is 0 Å². The molecule has 0 bridgehead atoms. The van der Waals surface area contributed by atoms with E-state index < -0.39 is 0 Å². The molecular weight excluding hydrogens is 212 g/mol. The lowest BCUT2D eigenvalue weighted by molar-refractivity contribution is 0.206. The van der Waals surface area contributed by atoms with Crippen molar-refractivity contribution in [2.75, 3.05) is 32.2 Å². The summed E-state index contributed by atoms with van der Waals surface area (Å²) in [7, 11) is 3.67. The highest BCUT2D eigenvalue weighted by atomic mass is 32.1. The minimum atomic E-state index is 0.0823. The summed E-state index contributed by atoms with van der Waals surface area (Å²) in [5.41, 5.74) is 1.00. The molecule has 4 nitrogen and oxygen atoms in total. The van der Waals surface area contributed by atoms with Crippen LogP contribution in [0, 0.1) is 0 Å². The summed E-state index contributed by atoms with van der Waals surface area (Å²) >= 11 is 1.55. The Hall–Kier alpha value is -0.650. The van der Waals surface area contributed by atoms with Crippen LogP contribution in [0.1, 0.15) is 17.5 Å². The second-order valence-electron chi connectivity index (χ2n) is 3.29. The molecule has 0 aromatic carbocycles. The Morgan fingerprint density at radius 3 is 2.73 bits per heavy atom. The van der Waals surface area contributed by atoms with E-state index in [-0.39, 0.29) is 6.61 Å². The molecule has 0 unspecified atom stereocenters. The normalized spacial score (nSPS) is 10.7. The van der Waals surface area contributed by atoms with Crippen molar-refractivity contribution in [3.8, 4) is 0 Å². The standard InChI is InChI=1S/C10H18N2O2S/c1-4-8-9(7-13)15-10(11-8)12(2)5-6-14-3/h13H,4-7H2,1-3H3. The molecular formula is C10H18N2O2S. The highest BCUT2D eigenvalue weighted by Crippen LogP contribution is 2.25. The Balaban J connectivity index is 2.72. The van der Waals surface area contributed by atoms with E-state index in [1.165, 1.54) is 0 Å². The predicted molar refractivity (Wildman–Crippen MR) is 62.6 cm³/mol. The number of nitrogens with zero attached hydrogens (tertiary/aromatic N) is 2. The number of aromatic nitrogens is 1. The van der Waals surface area contributed by atoms with Gasteiger partial charge in [-0.1, -0.05) is 18.3 Å². The number of aryl methyl sites for hydroxylation is 1. The first kappa shape index (κ1) is 12.4. The summed E-state index contributed by atoms with van der Waals surface area (Å²) in [6.07, 6.45) is 0.866. The van der Waals surface area contributed by atoms with Gasteiger partial charge in [-0.15, -0.1) is 0 Å². The van der Waals surface area contributed by atoms with Crippen LogP contribution < -0.4 is 4.90 Å². The maximum absolute atomic E-state index is 9.15. The van der Waals surface area contributed by atoms with Gasteiger partial charge in [0.2, 0.25) is 0 Å². The number of rotatable bonds is 6. The Morgan fingerprint density at radius 1 is 1.53 bits per heavy atom. The maximum Gasteiger partial charge on any atom is 0.185 e. The van der Waals surface area contributed by atoms with Crippen molar-refractivity contribution >= 4 is 16.5 Å². The lowest BCUT2D eigenvalue weighted by atomic mass is 10.3. The monoisotopic (exact) mass is 230 g/mol. The average Bonchev–Trinajstić information content (AvgIpc) is 2.68. The zero-order valence-electron chi connectivity index (χ0n) is 9.49. The van der Waals surface area contributed by atoms with Gasteiger partial charge in [-0.3, -0.25) is 0 Å². The Morgan fingerprint density at radius 2 is 2.27 bits per heavy atom. The Kier molecular flexibility index (Phi) is 5.01. The van der Waals surface area contributed by atoms with Crippen LogP contribution >= 0.6 is 11.3 Å². The molecule has 0 aliphatic carbocycles. The third kappa shape index (κ3) is 3.15. The van der Waals surface area contributed by atoms with Crippen LogP contribution in [0.4, 0.5) is 5.13 Å². The van der Waals surface area contributed by atoms with E-state index in [4.69, 9.17) is 9.84 Å². The fraction of sp³-hybridized carbons (Fsp3) is 0.700. The van der Waals surface area contributed by atoms with E-state index in [0.717, 1.165) is 28.7 Å². The van der Waals surface area contributed by atoms with E-state index in [0.29, 0.717) is 6.61 Å². The first-order valence-electron chi connectivity index (χ1n) is 5.02. The number of methoxy groups -OCH3 is 1. The van der Waals surface area contributed by atoms with Crippen molar-refractivity contribution in [2.45, 2.75) is 20.0 Å². The minimum Gasteiger partial charge on any atom is -0.391 e. The van der Waals surface area contributed by atoms with Crippen LogP contribution in [-0.2, 0) is 17.8 Å². The molecule has 0 fully saturated rings. The largest absolute Gasteiger partial charge is 0.391 e. The number of likely N-dealkylation sites (N-methyl/N-ethyl adjacent to an activating group) is 1. The highest BCUT2D eigenvalue weighted by molar-refractivity contribution is 7.15. The molecule has 0 spiro atoms. The second-order valence-corrected chi connectivity index (χ2v) is 4.35. The summed E-state index contributed by atoms with van der Waals surface area (Å²) in [6, 6.07) is 0. The lowest BCUT2D eigenvalue weighted by Crippen LogP contribution is -2.21. The van der Waals surface area contributed by atoms with Crippen molar-refractivity contribution in [1.82, 2.24) is 4.98 Å². The predicted octanol–water partition coefficient (Wildman–Crippen LogP) is 1.28. The molecule has 1 rings (SSSR count). The molecule has 0 radical (unpaired) electrons. The van der Waals surface area contributed by atoms with E-state index in [9.17, 15) is 0 Å². The summed E-state index contributed by atoms with van der Waals surface area (Å²) in [5, 5.41) is 10.1. The maximum atomic E-state index is 9.15. The summed E-state index contributed by atoms with van der Waals surface area (Å²) in [6.45, 7) is 3.64. The van der Waals surface area contributed by atoms with Gasteiger partial charge >= 0.3 is 0 Å². The lowest BCUT2D eigenvalue weighted by Gasteiger charge is -2.14. The summed E-state index contributed by atoms with van der Waals surface area (Å²) in [4.78, 5) is 7.50. The smallest absolute Gasteiger partial charge is 0.185 e. The van der Waals surface area contributed by atoms with Crippen LogP contribution in [0.3, 0.4) is 0 Å². The zero-order chi connectivity index (χ0) is 11.3. The number of thiazole rings is 1. The van der Waals surface area contributed by atoms with Gasteiger partial charge < -0.3 is 14.7 Å². The molecule has 5 heteroatoms. The van der Waals surface area contributed by atoms with Crippen molar-refractivity contribution in [2.24, 2.45) is 0 Å². The molecule has 1 aromatic heterocycles. The molecule has 1 aromatic rings. The SMILES string of the molecule is CCc1nc(N(C)CCOC)sc1CO. The highest BCUT2D eigenvalue weighted by Gasteiger charge is 2.11. The van der Waals surface area contributed by atoms with Crippen LogP contribution in [-0.4, -0.2) is 37.4 Å². The summed E-state index contributed by atoms with van der Waals surface area (Å²) in [5.74, 6) is 0. The fourth-order valence-electron chi connectivity index (χ4n) is 1.26. The van der Waals surface area contributed by atoms with Crippen LogP contribution in [0.2, 0.25) is 0 Å². The minimum absolute atomic E-state index is 0.0823. The van der Waals surface area contributed by atoms with Gasteiger partial charge in [-0.05, 0) is 6.42 Å². The van der Waals surface area contributed by atoms with E-state index >= 15 is 0 Å². The van der Waals surface area contributed by atoms with Crippen molar-refractivity contribution < 1.29 is 9.84 Å². The first-order valence-corrected chi connectivity index (χ1v) is 5.84. The number of ether oxygens (including phenoxy) is 1. The van der Waals surface area contributed by atoms with Gasteiger partial charge in [0.25, 0.3) is 0 Å². The third-order valence-corrected chi connectivity index (χ3v) is 3.40. The van der Waals surface area contributed by atoms with Gasteiger partial charge in [0, 0.05) is 20.7 Å². The average molecular weight is 230 g/mol. The zero-order valence-corrected chi connectivity index (χ0v) is 10.3. The van der Waals surface area contributed by atoms with E-state index in [1.54, 1.807) is 18.4 Å². The number of hydrogen-bond donors (Lipinski definition) is 1. The number of hydrogen-bond acceptors (Lipinski definition) is 5. The van der Waals surface area contributed by atoms with E-state index in [2.05, 4.69) is 4.98 Å². The molecule has 0 amide bonds. The molecule has 86 valence electrons. The topological polar surface area (TPSA) is 45.6 Å². The summed E-state index contributed by atoms with van der Waals surface area (Å²) < 4.78 is 5.01. The molecule has 0 saturated heterocycles. The Bertz CT molecular complexity index is 280. The quantitative estimate of drug-likeness (QED) is 0.799. The van der Waals surface area contributed by atoms with Crippen LogP contribution in [0.15, 0.2) is 0 Å². The van der Waals surface area contributed by atoms with Gasteiger partial charge in [0.15, 0.2) is 5.13 Å². The second kappa shape index (κ2) is 6.05. The van der Waals surface area contributed by atoms with Crippen LogP contribution in [0.5, 0.6) is 0 Å².